The van der Waals surface area contributed by atoms with Gasteiger partial charge in [-0.25, -0.2) is 0 Å². The normalized spacial score (nSPS) is 10.6. The molecule has 0 aliphatic rings. The summed E-state index contributed by atoms with van der Waals surface area (Å²) < 4.78 is 12.5. The smallest absolute Gasteiger partial charge is 0.166 e. The molecule has 0 unspecified atom stereocenters. The van der Waals surface area contributed by atoms with Crippen molar-refractivity contribution in [1.29, 1.82) is 0 Å². The first-order valence-electron chi connectivity index (χ1n) is 6.47. The van der Waals surface area contributed by atoms with E-state index in [2.05, 4.69) is 45.7 Å². The van der Waals surface area contributed by atoms with Gasteiger partial charge in [0, 0.05) is 26.8 Å². The first-order chi connectivity index (χ1) is 9.74. The summed E-state index contributed by atoms with van der Waals surface area (Å²) in [5.41, 5.74) is 1.11. The molecule has 0 bridgehead atoms. The fourth-order valence-corrected chi connectivity index (χ4v) is 3.22. The second-order valence-electron chi connectivity index (χ2n) is 4.25. The van der Waals surface area contributed by atoms with Crippen LogP contribution in [0, 0.1) is 0 Å². The number of hydrogen-bond donors (Lipinski definition) is 1. The lowest BCUT2D eigenvalue weighted by Crippen LogP contribution is -2.13. The second kappa shape index (κ2) is 7.67. The van der Waals surface area contributed by atoms with Crippen LogP contribution in [0.2, 0.25) is 0 Å². The molecule has 0 aliphatic heterocycles. The Labute approximate surface area is 132 Å². The van der Waals surface area contributed by atoms with Crippen molar-refractivity contribution in [3.63, 3.8) is 0 Å². The molecule has 1 heterocycles. The Balaban J connectivity index is 2.14. The van der Waals surface area contributed by atoms with Crippen LogP contribution in [-0.2, 0) is 13.2 Å². The zero-order chi connectivity index (χ0) is 14.4. The van der Waals surface area contributed by atoms with Crippen molar-refractivity contribution in [2.45, 2.75) is 20.1 Å². The minimum atomic E-state index is 0.551. The molecule has 0 spiro atoms. The lowest BCUT2D eigenvalue weighted by Gasteiger charge is -2.14. The lowest BCUT2D eigenvalue weighted by molar-refractivity contribution is 0.283. The highest BCUT2D eigenvalue weighted by molar-refractivity contribution is 9.10. The zero-order valence-corrected chi connectivity index (χ0v) is 14.0. The van der Waals surface area contributed by atoms with E-state index in [0.717, 1.165) is 34.6 Å². The van der Waals surface area contributed by atoms with Gasteiger partial charge in [-0.05, 0) is 34.6 Å². The molecule has 3 nitrogen and oxygen atoms in total. The van der Waals surface area contributed by atoms with Crippen LogP contribution in [0.15, 0.2) is 34.1 Å². The number of benzene rings is 1. The molecule has 1 N–H and O–H groups in total. The summed E-state index contributed by atoms with van der Waals surface area (Å²) >= 11 is 5.13. The number of halogens is 1. The Hall–Kier alpha value is -1.04. The molecule has 20 heavy (non-hydrogen) atoms. The maximum atomic E-state index is 5.98. The fourth-order valence-electron chi connectivity index (χ4n) is 1.86. The number of methoxy groups -OCH3 is 1. The average molecular weight is 356 g/mol. The minimum Gasteiger partial charge on any atom is -0.493 e. The monoisotopic (exact) mass is 355 g/mol. The third-order valence-corrected chi connectivity index (χ3v) is 4.50. The number of para-hydroxylation sites is 1. The molecule has 2 aromatic rings. The number of rotatable bonds is 7. The topological polar surface area (TPSA) is 30.5 Å². The van der Waals surface area contributed by atoms with Crippen molar-refractivity contribution in [2.24, 2.45) is 0 Å². The van der Waals surface area contributed by atoms with Gasteiger partial charge in [-0.2, -0.15) is 0 Å². The van der Waals surface area contributed by atoms with Crippen molar-refractivity contribution in [3.05, 3.63) is 44.6 Å². The minimum absolute atomic E-state index is 0.551. The van der Waals surface area contributed by atoms with Crippen LogP contribution in [0.1, 0.15) is 17.4 Å². The third kappa shape index (κ3) is 3.98. The van der Waals surface area contributed by atoms with Gasteiger partial charge in [0.1, 0.15) is 6.61 Å². The number of thiophene rings is 1. The van der Waals surface area contributed by atoms with Crippen LogP contribution in [0.3, 0.4) is 0 Å². The van der Waals surface area contributed by atoms with E-state index in [-0.39, 0.29) is 0 Å². The van der Waals surface area contributed by atoms with Gasteiger partial charge in [0.2, 0.25) is 0 Å². The zero-order valence-electron chi connectivity index (χ0n) is 11.6. The van der Waals surface area contributed by atoms with Gasteiger partial charge in [-0.3, -0.25) is 0 Å². The van der Waals surface area contributed by atoms with Crippen molar-refractivity contribution in [1.82, 2.24) is 5.32 Å². The fraction of sp³-hybridized carbons (Fsp3) is 0.333. The van der Waals surface area contributed by atoms with E-state index in [1.54, 1.807) is 18.4 Å². The van der Waals surface area contributed by atoms with E-state index in [9.17, 15) is 0 Å². The second-order valence-corrected chi connectivity index (χ2v) is 6.16. The van der Waals surface area contributed by atoms with Gasteiger partial charge in [-0.15, -0.1) is 11.3 Å². The van der Waals surface area contributed by atoms with E-state index >= 15 is 0 Å². The van der Waals surface area contributed by atoms with Gasteiger partial charge in [0.05, 0.1) is 7.11 Å². The summed E-state index contributed by atoms with van der Waals surface area (Å²) in [6, 6.07) is 8.05. The largest absolute Gasteiger partial charge is 0.493 e. The summed E-state index contributed by atoms with van der Waals surface area (Å²) in [4.78, 5) is 1.18. The molecule has 2 rings (SSSR count). The van der Waals surface area contributed by atoms with Gasteiger partial charge in [-0.1, -0.05) is 19.1 Å². The first kappa shape index (κ1) is 15.4. The van der Waals surface area contributed by atoms with Crippen LogP contribution in [0.25, 0.3) is 0 Å². The standard InChI is InChI=1S/C15H18BrNO2S/c1-3-17-8-11-5-4-6-14(18-2)15(11)19-9-13-7-12(16)10-20-13/h4-7,10,17H,3,8-9H2,1-2H3. The average Bonchev–Trinajstić information content (AvgIpc) is 2.88. The predicted molar refractivity (Wildman–Crippen MR) is 86.7 cm³/mol. The van der Waals surface area contributed by atoms with Crippen LogP contribution in [0.4, 0.5) is 0 Å². The van der Waals surface area contributed by atoms with Gasteiger partial charge in [0.15, 0.2) is 11.5 Å². The highest BCUT2D eigenvalue weighted by Gasteiger charge is 2.11. The van der Waals surface area contributed by atoms with E-state index in [1.165, 1.54) is 4.88 Å². The molecule has 108 valence electrons. The van der Waals surface area contributed by atoms with Crippen LogP contribution >= 0.6 is 27.3 Å². The summed E-state index contributed by atoms with van der Waals surface area (Å²) in [5, 5.41) is 5.37. The Morgan fingerprint density at radius 3 is 2.85 bits per heavy atom. The Morgan fingerprint density at radius 1 is 1.35 bits per heavy atom. The van der Waals surface area contributed by atoms with Gasteiger partial charge >= 0.3 is 0 Å². The molecule has 0 amide bonds. The van der Waals surface area contributed by atoms with E-state index in [1.807, 2.05) is 12.1 Å². The Morgan fingerprint density at radius 2 is 2.20 bits per heavy atom. The molecule has 0 saturated heterocycles. The molecule has 1 aromatic carbocycles. The van der Waals surface area contributed by atoms with Crippen LogP contribution in [-0.4, -0.2) is 13.7 Å². The molecule has 0 atom stereocenters. The van der Waals surface area contributed by atoms with Crippen molar-refractivity contribution in [2.75, 3.05) is 13.7 Å². The van der Waals surface area contributed by atoms with Crippen molar-refractivity contribution in [3.8, 4) is 11.5 Å². The number of ether oxygens (including phenoxy) is 2. The van der Waals surface area contributed by atoms with Crippen molar-refractivity contribution < 1.29 is 9.47 Å². The molecule has 0 fully saturated rings. The van der Waals surface area contributed by atoms with Crippen LogP contribution in [0.5, 0.6) is 11.5 Å². The van der Waals surface area contributed by atoms with Crippen molar-refractivity contribution >= 4 is 27.3 Å². The molecule has 1 aromatic heterocycles. The summed E-state index contributed by atoms with van der Waals surface area (Å²) in [6.45, 7) is 4.34. The quantitative estimate of drug-likeness (QED) is 0.806. The first-order valence-corrected chi connectivity index (χ1v) is 8.14. The highest BCUT2D eigenvalue weighted by atomic mass is 79.9. The summed E-state index contributed by atoms with van der Waals surface area (Å²) in [6.07, 6.45) is 0. The molecular weight excluding hydrogens is 338 g/mol. The Kier molecular flexibility index (Phi) is 5.88. The van der Waals surface area contributed by atoms with Crippen LogP contribution < -0.4 is 14.8 Å². The predicted octanol–water partition coefficient (Wildman–Crippen LogP) is 4.21. The van der Waals surface area contributed by atoms with Gasteiger partial charge < -0.3 is 14.8 Å². The maximum absolute atomic E-state index is 5.98. The SMILES string of the molecule is CCNCc1cccc(OC)c1OCc1cc(Br)cs1. The number of hydrogen-bond acceptors (Lipinski definition) is 4. The highest BCUT2D eigenvalue weighted by Crippen LogP contribution is 2.32. The third-order valence-electron chi connectivity index (χ3n) is 2.83. The molecule has 0 saturated carbocycles. The Bertz CT molecular complexity index is 557. The molecular formula is C15H18BrNO2S. The lowest BCUT2D eigenvalue weighted by atomic mass is 10.2. The summed E-state index contributed by atoms with van der Waals surface area (Å²) in [5.74, 6) is 1.59. The molecule has 0 aliphatic carbocycles. The van der Waals surface area contributed by atoms with E-state index < -0.39 is 0 Å². The maximum Gasteiger partial charge on any atom is 0.166 e. The van der Waals surface area contributed by atoms with E-state index in [0.29, 0.717) is 6.61 Å². The number of nitrogens with one attached hydrogen (secondary N) is 1. The summed E-state index contributed by atoms with van der Waals surface area (Å²) in [7, 11) is 1.67. The molecule has 0 radical (unpaired) electrons. The van der Waals surface area contributed by atoms with E-state index in [4.69, 9.17) is 9.47 Å². The van der Waals surface area contributed by atoms with Gasteiger partial charge in [0.25, 0.3) is 0 Å². The molecule has 5 heteroatoms.